The molecule has 0 radical (unpaired) electrons. The van der Waals surface area contributed by atoms with Gasteiger partial charge in [-0.15, -0.1) is 0 Å². The lowest BCUT2D eigenvalue weighted by Gasteiger charge is -2.36. The lowest BCUT2D eigenvalue weighted by molar-refractivity contribution is 0.0691. The highest BCUT2D eigenvalue weighted by Gasteiger charge is 2.35. The molecule has 1 atom stereocenters. The van der Waals surface area contributed by atoms with Gasteiger partial charge in [-0.2, -0.15) is 0 Å². The number of benzene rings is 2. The average Bonchev–Trinajstić information content (AvgIpc) is 3.17. The zero-order valence-electron chi connectivity index (χ0n) is 16.1. The topological polar surface area (TPSA) is 58.2 Å². The summed E-state index contributed by atoms with van der Waals surface area (Å²) < 4.78 is 5.32. The molecule has 1 unspecified atom stereocenters. The molecule has 1 aliphatic rings. The summed E-state index contributed by atoms with van der Waals surface area (Å²) in [6, 6.07) is 19.7. The van der Waals surface area contributed by atoms with E-state index in [2.05, 4.69) is 28.2 Å². The van der Waals surface area contributed by atoms with Crippen molar-refractivity contribution >= 4 is 16.8 Å². The van der Waals surface area contributed by atoms with Crippen LogP contribution in [0.25, 0.3) is 10.9 Å². The summed E-state index contributed by atoms with van der Waals surface area (Å²) in [6.07, 6.45) is 4.13. The van der Waals surface area contributed by atoms with Crippen molar-refractivity contribution in [2.45, 2.75) is 12.5 Å². The summed E-state index contributed by atoms with van der Waals surface area (Å²) in [7, 11) is 1.66. The van der Waals surface area contributed by atoms with Gasteiger partial charge in [0.05, 0.1) is 18.7 Å². The van der Waals surface area contributed by atoms with Gasteiger partial charge in [0.2, 0.25) is 0 Å². The number of para-hydroxylation sites is 1. The van der Waals surface area contributed by atoms with E-state index in [1.54, 1.807) is 25.6 Å². The predicted molar refractivity (Wildman–Crippen MR) is 112 cm³/mol. The molecule has 1 amide bonds. The SMILES string of the molecule is COc1ccc(C2c3[nH]c4ccccc4c3CCN2C(=O)c2cccnc2)cc1. The van der Waals surface area contributed by atoms with Crippen molar-refractivity contribution in [1.29, 1.82) is 0 Å². The molecule has 3 heterocycles. The summed E-state index contributed by atoms with van der Waals surface area (Å²) in [5.74, 6) is 0.787. The summed E-state index contributed by atoms with van der Waals surface area (Å²) in [5, 5.41) is 1.23. The van der Waals surface area contributed by atoms with Crippen LogP contribution in [0.2, 0.25) is 0 Å². The molecular weight excluding hydrogens is 362 g/mol. The number of H-pyrrole nitrogens is 1. The molecular formula is C24H21N3O2. The highest BCUT2D eigenvalue weighted by molar-refractivity contribution is 5.95. The van der Waals surface area contributed by atoms with E-state index in [0.29, 0.717) is 12.1 Å². The highest BCUT2D eigenvalue weighted by atomic mass is 16.5. The summed E-state index contributed by atoms with van der Waals surface area (Å²) in [4.78, 5) is 23.0. The van der Waals surface area contributed by atoms with E-state index >= 15 is 0 Å². The smallest absolute Gasteiger partial charge is 0.256 e. The lowest BCUT2D eigenvalue weighted by atomic mass is 9.91. The predicted octanol–water partition coefficient (Wildman–Crippen LogP) is 4.36. The molecule has 0 saturated heterocycles. The molecule has 5 nitrogen and oxygen atoms in total. The number of carbonyl (C=O) groups excluding carboxylic acids is 1. The van der Waals surface area contributed by atoms with Gasteiger partial charge in [-0.3, -0.25) is 9.78 Å². The Bertz CT molecular complexity index is 1170. The van der Waals surface area contributed by atoms with E-state index < -0.39 is 0 Å². The number of aromatic amines is 1. The largest absolute Gasteiger partial charge is 0.497 e. The van der Waals surface area contributed by atoms with Crippen LogP contribution in [0.4, 0.5) is 0 Å². The third-order valence-corrected chi connectivity index (χ3v) is 5.64. The molecule has 2 aromatic heterocycles. The quantitative estimate of drug-likeness (QED) is 0.572. The van der Waals surface area contributed by atoms with Crippen molar-refractivity contribution in [1.82, 2.24) is 14.9 Å². The van der Waals surface area contributed by atoms with Gasteiger partial charge < -0.3 is 14.6 Å². The summed E-state index contributed by atoms with van der Waals surface area (Å²) >= 11 is 0. The van der Waals surface area contributed by atoms with Gasteiger partial charge in [0.25, 0.3) is 5.91 Å². The van der Waals surface area contributed by atoms with Crippen molar-refractivity contribution < 1.29 is 9.53 Å². The van der Waals surface area contributed by atoms with Gasteiger partial charge in [0.15, 0.2) is 0 Å². The average molecular weight is 383 g/mol. The van der Waals surface area contributed by atoms with Crippen molar-refractivity contribution in [2.24, 2.45) is 0 Å². The number of nitrogens with zero attached hydrogens (tertiary/aromatic N) is 2. The summed E-state index contributed by atoms with van der Waals surface area (Å²) in [5.41, 5.74) is 5.13. The fraction of sp³-hybridized carbons (Fsp3) is 0.167. The number of carbonyl (C=O) groups is 1. The zero-order chi connectivity index (χ0) is 19.8. The Morgan fingerprint density at radius 2 is 1.93 bits per heavy atom. The van der Waals surface area contributed by atoms with Gasteiger partial charge in [-0.1, -0.05) is 30.3 Å². The van der Waals surface area contributed by atoms with Gasteiger partial charge in [0, 0.05) is 35.5 Å². The maximum Gasteiger partial charge on any atom is 0.256 e. The van der Waals surface area contributed by atoms with Crippen molar-refractivity contribution in [3.63, 3.8) is 0 Å². The normalized spacial score (nSPS) is 15.9. The molecule has 1 N–H and O–H groups in total. The van der Waals surface area contributed by atoms with Crippen LogP contribution in [0.15, 0.2) is 73.1 Å². The second kappa shape index (κ2) is 7.09. The van der Waals surface area contributed by atoms with E-state index in [1.807, 2.05) is 41.3 Å². The molecule has 0 fully saturated rings. The van der Waals surface area contributed by atoms with Crippen LogP contribution in [0.3, 0.4) is 0 Å². The first-order valence-electron chi connectivity index (χ1n) is 9.70. The highest BCUT2D eigenvalue weighted by Crippen LogP contribution is 2.39. The number of rotatable bonds is 3. The minimum absolute atomic E-state index is 0.0109. The van der Waals surface area contributed by atoms with Crippen molar-refractivity contribution in [3.8, 4) is 5.75 Å². The molecule has 0 spiro atoms. The number of methoxy groups -OCH3 is 1. The third kappa shape index (κ3) is 2.95. The van der Waals surface area contributed by atoms with Crippen LogP contribution in [-0.4, -0.2) is 34.4 Å². The molecule has 0 bridgehead atoms. The van der Waals surface area contributed by atoms with Gasteiger partial charge >= 0.3 is 0 Å². The molecule has 0 aliphatic carbocycles. The number of hydrogen-bond acceptors (Lipinski definition) is 3. The molecule has 1 aliphatic heterocycles. The lowest BCUT2D eigenvalue weighted by Crippen LogP contribution is -2.40. The minimum atomic E-state index is -0.190. The van der Waals surface area contributed by atoms with Crippen LogP contribution in [0.1, 0.15) is 33.2 Å². The molecule has 4 aromatic rings. The fourth-order valence-electron chi connectivity index (χ4n) is 4.25. The Morgan fingerprint density at radius 3 is 2.69 bits per heavy atom. The van der Waals surface area contributed by atoms with E-state index in [9.17, 15) is 4.79 Å². The number of ether oxygens (including phenoxy) is 1. The Morgan fingerprint density at radius 1 is 1.10 bits per heavy atom. The molecule has 5 rings (SSSR count). The molecule has 2 aromatic carbocycles. The summed E-state index contributed by atoms with van der Waals surface area (Å²) in [6.45, 7) is 0.652. The second-order valence-electron chi connectivity index (χ2n) is 7.23. The Kier molecular flexibility index (Phi) is 4.28. The molecule has 5 heteroatoms. The Balaban J connectivity index is 1.65. The Hall–Kier alpha value is -3.60. The van der Waals surface area contributed by atoms with Crippen LogP contribution in [-0.2, 0) is 6.42 Å². The van der Waals surface area contributed by atoms with E-state index in [0.717, 1.165) is 28.9 Å². The number of amides is 1. The minimum Gasteiger partial charge on any atom is -0.497 e. The van der Waals surface area contributed by atoms with Gasteiger partial charge in [-0.25, -0.2) is 0 Å². The van der Waals surface area contributed by atoms with Crippen LogP contribution >= 0.6 is 0 Å². The van der Waals surface area contributed by atoms with Crippen molar-refractivity contribution in [2.75, 3.05) is 13.7 Å². The first kappa shape index (κ1) is 17.5. The van der Waals surface area contributed by atoms with Gasteiger partial charge in [0.1, 0.15) is 5.75 Å². The van der Waals surface area contributed by atoms with Crippen LogP contribution in [0.5, 0.6) is 5.75 Å². The van der Waals surface area contributed by atoms with E-state index in [4.69, 9.17) is 4.74 Å². The second-order valence-corrected chi connectivity index (χ2v) is 7.23. The maximum absolute atomic E-state index is 13.4. The van der Waals surface area contributed by atoms with Crippen LogP contribution < -0.4 is 4.74 Å². The number of pyridine rings is 1. The van der Waals surface area contributed by atoms with E-state index in [1.165, 1.54) is 10.9 Å². The number of nitrogens with one attached hydrogen (secondary N) is 1. The van der Waals surface area contributed by atoms with E-state index in [-0.39, 0.29) is 11.9 Å². The van der Waals surface area contributed by atoms with Gasteiger partial charge in [-0.05, 0) is 47.9 Å². The first-order valence-corrected chi connectivity index (χ1v) is 9.70. The van der Waals surface area contributed by atoms with Crippen molar-refractivity contribution in [3.05, 3.63) is 95.4 Å². The van der Waals surface area contributed by atoms with Crippen LogP contribution in [0, 0.1) is 0 Å². The molecule has 29 heavy (non-hydrogen) atoms. The fourth-order valence-corrected chi connectivity index (χ4v) is 4.25. The molecule has 0 saturated carbocycles. The first-order chi connectivity index (χ1) is 14.3. The number of aromatic nitrogens is 2. The number of fused-ring (bicyclic) bond motifs is 3. The zero-order valence-corrected chi connectivity index (χ0v) is 16.1. The Labute approximate surface area is 169 Å². The maximum atomic E-state index is 13.4. The standard InChI is InChI=1S/C24H21N3O2/c1-29-18-10-8-16(9-11-18)23-22-20(19-6-2-3-7-21(19)26-22)12-14-27(23)24(28)17-5-4-13-25-15-17/h2-11,13,15,23,26H,12,14H2,1H3. The number of hydrogen-bond donors (Lipinski definition) is 1. The molecule has 144 valence electrons. The monoisotopic (exact) mass is 383 g/mol. The third-order valence-electron chi connectivity index (χ3n) is 5.64.